The number of nitrogens with one attached hydrogen (secondary N) is 1. The Morgan fingerprint density at radius 2 is 1.89 bits per heavy atom. The number of phenolic OH excluding ortho intramolecular Hbond substituents is 3. The number of aliphatic hydroxyl groups excluding tert-OH is 1. The number of fused-ring (bicyclic) bond motifs is 1. The van der Waals surface area contributed by atoms with Crippen LogP contribution in [0.1, 0.15) is 38.7 Å². The number of carbonyl (C=O) groups excluding carboxylic acids is 1. The van der Waals surface area contributed by atoms with E-state index in [4.69, 9.17) is 30.5 Å². The molecule has 3 aromatic rings. The van der Waals surface area contributed by atoms with Gasteiger partial charge in [0.2, 0.25) is 12.5 Å². The van der Waals surface area contributed by atoms with Crippen LogP contribution in [0.5, 0.6) is 40.2 Å². The van der Waals surface area contributed by atoms with E-state index < -0.39 is 17.8 Å². The molecule has 11 heteroatoms. The zero-order valence-corrected chi connectivity index (χ0v) is 25.0. The summed E-state index contributed by atoms with van der Waals surface area (Å²) in [6.07, 6.45) is 4.45. The van der Waals surface area contributed by atoms with Crippen LogP contribution in [0.2, 0.25) is 5.02 Å². The van der Waals surface area contributed by atoms with Crippen LogP contribution in [0.4, 0.5) is 5.69 Å². The van der Waals surface area contributed by atoms with Crippen molar-refractivity contribution in [3.63, 3.8) is 0 Å². The zero-order valence-electron chi connectivity index (χ0n) is 24.2. The maximum absolute atomic E-state index is 12.8. The third kappa shape index (κ3) is 6.98. The molecule has 0 aromatic heterocycles. The normalized spacial score (nSPS) is 19.6. The van der Waals surface area contributed by atoms with E-state index in [0.29, 0.717) is 41.5 Å². The summed E-state index contributed by atoms with van der Waals surface area (Å²) in [6, 6.07) is 13.2. The molecule has 5 N–H and O–H groups in total. The highest BCUT2D eigenvalue weighted by atomic mass is 35.5. The van der Waals surface area contributed by atoms with Crippen LogP contribution in [0.3, 0.4) is 0 Å². The van der Waals surface area contributed by atoms with Gasteiger partial charge in [-0.15, -0.1) is 0 Å². The van der Waals surface area contributed by atoms with Crippen LogP contribution in [-0.2, 0) is 4.79 Å². The van der Waals surface area contributed by atoms with Crippen molar-refractivity contribution in [2.24, 2.45) is 5.92 Å². The van der Waals surface area contributed by atoms with E-state index in [2.05, 4.69) is 5.32 Å². The minimum Gasteiger partial charge on any atom is -0.507 e. The molecule has 1 aliphatic carbocycles. The third-order valence-corrected chi connectivity index (χ3v) is 7.89. The van der Waals surface area contributed by atoms with Crippen LogP contribution >= 0.6 is 11.6 Å². The first-order chi connectivity index (χ1) is 21.1. The Kier molecular flexibility index (Phi) is 9.41. The van der Waals surface area contributed by atoms with E-state index in [1.165, 1.54) is 25.1 Å². The van der Waals surface area contributed by atoms with Crippen molar-refractivity contribution in [3.8, 4) is 40.2 Å². The molecule has 3 aromatic carbocycles. The molecule has 0 radical (unpaired) electrons. The summed E-state index contributed by atoms with van der Waals surface area (Å²) < 4.78 is 22.2. The Balaban J connectivity index is 1.19. The summed E-state index contributed by atoms with van der Waals surface area (Å²) in [5.74, 6) is -0.326. The fourth-order valence-electron chi connectivity index (χ4n) is 5.38. The molecule has 3 atom stereocenters. The minimum absolute atomic E-state index is 0.0267. The molecule has 0 bridgehead atoms. The van der Waals surface area contributed by atoms with Gasteiger partial charge in [-0.05, 0) is 62.2 Å². The fraction of sp³-hybridized carbons (Fsp3) is 0.303. The first kappa shape index (κ1) is 30.9. The molecule has 0 spiro atoms. The summed E-state index contributed by atoms with van der Waals surface area (Å²) in [4.78, 5) is 12.8. The van der Waals surface area contributed by atoms with Gasteiger partial charge in [-0.3, -0.25) is 4.79 Å². The molecule has 44 heavy (non-hydrogen) atoms. The van der Waals surface area contributed by atoms with Gasteiger partial charge in [-0.2, -0.15) is 0 Å². The van der Waals surface area contributed by atoms with Crippen LogP contribution < -0.4 is 24.3 Å². The predicted molar refractivity (Wildman–Crippen MR) is 165 cm³/mol. The number of benzene rings is 3. The Labute approximate surface area is 259 Å². The summed E-state index contributed by atoms with van der Waals surface area (Å²) in [6.45, 7) is 3.81. The number of carbonyl (C=O) groups is 1. The van der Waals surface area contributed by atoms with Crippen LogP contribution in [0.15, 0.2) is 65.8 Å². The number of hydrogen-bond acceptors (Lipinski definition) is 9. The van der Waals surface area contributed by atoms with E-state index in [1.807, 2.05) is 25.1 Å². The maximum atomic E-state index is 12.8. The third-order valence-electron chi connectivity index (χ3n) is 7.65. The monoisotopic (exact) mass is 623 g/mol. The molecule has 232 valence electrons. The summed E-state index contributed by atoms with van der Waals surface area (Å²) in [5.41, 5.74) is 1.44. The molecule has 1 saturated carbocycles. The Bertz CT molecular complexity index is 1600. The number of aliphatic hydroxyl groups is 1. The second-order valence-electron chi connectivity index (χ2n) is 10.6. The van der Waals surface area contributed by atoms with Gasteiger partial charge in [0, 0.05) is 40.6 Å². The van der Waals surface area contributed by atoms with Crippen molar-refractivity contribution in [2.45, 2.75) is 45.3 Å². The van der Waals surface area contributed by atoms with Gasteiger partial charge in [0.15, 0.2) is 11.5 Å². The molecule has 1 amide bonds. The van der Waals surface area contributed by atoms with Crippen molar-refractivity contribution >= 4 is 29.3 Å². The predicted octanol–water partition coefficient (Wildman–Crippen LogP) is 6.16. The van der Waals surface area contributed by atoms with Gasteiger partial charge in [-0.25, -0.2) is 0 Å². The number of anilines is 1. The summed E-state index contributed by atoms with van der Waals surface area (Å²) >= 11 is 6.02. The largest absolute Gasteiger partial charge is 0.507 e. The van der Waals surface area contributed by atoms with Crippen molar-refractivity contribution in [1.29, 1.82) is 0 Å². The number of aromatic hydroxyl groups is 3. The molecular weight excluding hydrogens is 590 g/mol. The first-order valence-electron chi connectivity index (χ1n) is 14.2. The van der Waals surface area contributed by atoms with E-state index in [9.17, 15) is 25.2 Å². The van der Waals surface area contributed by atoms with Gasteiger partial charge < -0.3 is 44.7 Å². The van der Waals surface area contributed by atoms with E-state index in [-0.39, 0.29) is 53.1 Å². The van der Waals surface area contributed by atoms with Crippen molar-refractivity contribution in [1.82, 2.24) is 0 Å². The lowest BCUT2D eigenvalue weighted by molar-refractivity contribution is -0.112. The smallest absolute Gasteiger partial charge is 0.251 e. The number of phenols is 3. The van der Waals surface area contributed by atoms with E-state index in [1.54, 1.807) is 24.3 Å². The second kappa shape index (κ2) is 13.4. The highest BCUT2D eigenvalue weighted by Crippen LogP contribution is 2.49. The molecule has 0 unspecified atom stereocenters. The Morgan fingerprint density at radius 1 is 1.07 bits per heavy atom. The molecule has 1 aliphatic heterocycles. The molecule has 5 rings (SSSR count). The van der Waals surface area contributed by atoms with Gasteiger partial charge in [0.05, 0.1) is 6.10 Å². The zero-order chi connectivity index (χ0) is 31.4. The number of rotatable bonds is 10. The number of amides is 1. The van der Waals surface area contributed by atoms with E-state index >= 15 is 0 Å². The molecule has 10 nitrogen and oxygen atoms in total. The lowest BCUT2D eigenvalue weighted by Crippen LogP contribution is -2.15. The quantitative estimate of drug-likeness (QED) is 0.102. The van der Waals surface area contributed by atoms with Gasteiger partial charge in [0.1, 0.15) is 41.4 Å². The first-order valence-corrected chi connectivity index (χ1v) is 14.6. The maximum Gasteiger partial charge on any atom is 0.251 e. The van der Waals surface area contributed by atoms with Crippen LogP contribution in [0, 0.1) is 5.92 Å². The molecule has 1 fully saturated rings. The molecule has 2 aliphatic rings. The van der Waals surface area contributed by atoms with Gasteiger partial charge >= 0.3 is 0 Å². The summed E-state index contributed by atoms with van der Waals surface area (Å²) in [5, 5.41) is 45.2. The standard InChI is InChI=1S/C33H34ClNO9/c1-3-19(9-10-41-22-6-4-5-21(34)12-22)25-13-24(15-27(25)37)44-23-8-7-20(26(36)14-23)11-18(2)33(40)35-30-28(38)16-29-32(31(30)39)43-17-42-29/h4-9,11-12,14,16,24-25,27,36-39H,3,10,13,15,17H2,1-2H3,(H,35,40)/b18-11+,19-9+/t24-,25-,27+/m1/s1. The Hall–Kier alpha value is -4.54. The molecule has 1 heterocycles. The van der Waals surface area contributed by atoms with Crippen molar-refractivity contribution in [3.05, 3.63) is 76.3 Å². The average Bonchev–Trinajstić information content (AvgIpc) is 3.60. The van der Waals surface area contributed by atoms with E-state index in [0.717, 1.165) is 12.0 Å². The average molecular weight is 624 g/mol. The van der Waals surface area contributed by atoms with Crippen LogP contribution in [-0.4, -0.2) is 51.9 Å². The molecule has 0 saturated heterocycles. The number of ether oxygens (including phenoxy) is 4. The number of hydrogen-bond donors (Lipinski definition) is 5. The van der Waals surface area contributed by atoms with Gasteiger partial charge in [-0.1, -0.05) is 30.2 Å². The topological polar surface area (TPSA) is 147 Å². The SMILES string of the molecule is CC/C(=C\COc1cccc(Cl)c1)[C@H]1C[C@@H](Oc2ccc(/C=C(\C)C(=O)Nc3c(O)cc4c(c3O)OCO4)c(O)c2)C[C@@H]1O. The Morgan fingerprint density at radius 3 is 2.64 bits per heavy atom. The summed E-state index contributed by atoms with van der Waals surface area (Å²) in [7, 11) is 0. The van der Waals surface area contributed by atoms with Gasteiger partial charge in [0.25, 0.3) is 5.91 Å². The highest BCUT2D eigenvalue weighted by molar-refractivity contribution is 6.30. The highest BCUT2D eigenvalue weighted by Gasteiger charge is 2.36. The number of halogens is 1. The van der Waals surface area contributed by atoms with Crippen molar-refractivity contribution in [2.75, 3.05) is 18.7 Å². The minimum atomic E-state index is -0.613. The molecular formula is C33H34ClNO9. The lowest BCUT2D eigenvalue weighted by Gasteiger charge is -2.18. The van der Waals surface area contributed by atoms with Crippen LogP contribution in [0.25, 0.3) is 6.08 Å². The van der Waals surface area contributed by atoms with Crippen molar-refractivity contribution < 1.29 is 44.2 Å². The second-order valence-corrected chi connectivity index (χ2v) is 11.1. The lowest BCUT2D eigenvalue weighted by atomic mass is 9.93. The fourth-order valence-corrected chi connectivity index (χ4v) is 5.56.